The number of rotatable bonds is 3. The first kappa shape index (κ1) is 21.7. The maximum Gasteiger partial charge on any atom is 0.329 e. The van der Waals surface area contributed by atoms with Crippen LogP contribution >= 0.6 is 23.2 Å². The van der Waals surface area contributed by atoms with Gasteiger partial charge in [-0.15, -0.1) is 0 Å². The Balaban J connectivity index is 1.65. The number of benzene rings is 2. The normalized spacial score (nSPS) is 21.5. The smallest absolute Gasteiger partial charge is 0.329 e. The number of carbonyl (C=O) groups excluding carboxylic acids is 2. The number of imide groups is 1. The van der Waals surface area contributed by atoms with Crippen molar-refractivity contribution in [2.75, 3.05) is 11.9 Å². The van der Waals surface area contributed by atoms with Gasteiger partial charge in [-0.05, 0) is 67.2 Å². The van der Waals surface area contributed by atoms with Crippen molar-refractivity contribution in [1.82, 2.24) is 10.2 Å². The van der Waals surface area contributed by atoms with Crippen LogP contribution in [0, 0.1) is 0 Å². The SMILES string of the molecule is CC1CC(C)(C)N(C)c2cc(Cl)c(/C=C3/NC(=O)N(Cc4ccccc4Cl)C3=O)cc21. The van der Waals surface area contributed by atoms with Crippen LogP contribution in [0.25, 0.3) is 6.08 Å². The molecule has 2 aliphatic heterocycles. The van der Waals surface area contributed by atoms with E-state index in [9.17, 15) is 9.59 Å². The van der Waals surface area contributed by atoms with E-state index in [0.717, 1.165) is 17.0 Å². The van der Waals surface area contributed by atoms with Gasteiger partial charge in [0, 0.05) is 28.3 Å². The minimum atomic E-state index is -0.472. The molecule has 0 saturated carbocycles. The summed E-state index contributed by atoms with van der Waals surface area (Å²) < 4.78 is 0. The van der Waals surface area contributed by atoms with Crippen LogP contribution in [0.3, 0.4) is 0 Å². The van der Waals surface area contributed by atoms with Crippen molar-refractivity contribution in [2.45, 2.75) is 45.2 Å². The number of urea groups is 1. The molecule has 1 saturated heterocycles. The van der Waals surface area contributed by atoms with E-state index < -0.39 is 11.9 Å². The predicted molar refractivity (Wildman–Crippen MR) is 125 cm³/mol. The summed E-state index contributed by atoms with van der Waals surface area (Å²) >= 11 is 12.8. The Morgan fingerprint density at radius 2 is 1.87 bits per heavy atom. The number of nitrogens with one attached hydrogen (secondary N) is 1. The summed E-state index contributed by atoms with van der Waals surface area (Å²) in [5, 5.41) is 3.72. The van der Waals surface area contributed by atoms with Crippen LogP contribution < -0.4 is 10.2 Å². The lowest BCUT2D eigenvalue weighted by Crippen LogP contribution is -2.45. The molecule has 0 bridgehead atoms. The summed E-state index contributed by atoms with van der Waals surface area (Å²) in [6.07, 6.45) is 2.66. The third kappa shape index (κ3) is 3.92. The molecule has 1 N–H and O–H groups in total. The predicted octanol–water partition coefficient (Wildman–Crippen LogP) is 5.81. The van der Waals surface area contributed by atoms with Gasteiger partial charge >= 0.3 is 6.03 Å². The Hall–Kier alpha value is -2.50. The van der Waals surface area contributed by atoms with E-state index in [1.165, 1.54) is 5.56 Å². The first-order valence-electron chi connectivity index (χ1n) is 10.2. The van der Waals surface area contributed by atoms with Crippen LogP contribution in [-0.2, 0) is 11.3 Å². The van der Waals surface area contributed by atoms with Crippen LogP contribution in [0.1, 0.15) is 49.8 Å². The van der Waals surface area contributed by atoms with Crippen LogP contribution in [0.4, 0.5) is 10.5 Å². The van der Waals surface area contributed by atoms with E-state index in [1.54, 1.807) is 24.3 Å². The Bertz CT molecular complexity index is 1110. The van der Waals surface area contributed by atoms with Crippen molar-refractivity contribution >= 4 is 46.9 Å². The maximum absolute atomic E-state index is 12.9. The van der Waals surface area contributed by atoms with Gasteiger partial charge < -0.3 is 10.2 Å². The number of hydrogen-bond acceptors (Lipinski definition) is 3. The van der Waals surface area contributed by atoms with E-state index in [0.29, 0.717) is 27.1 Å². The summed E-state index contributed by atoms with van der Waals surface area (Å²) in [6, 6.07) is 10.7. The van der Waals surface area contributed by atoms with Gasteiger partial charge in [0.25, 0.3) is 5.91 Å². The molecule has 2 aromatic carbocycles. The first-order chi connectivity index (χ1) is 14.6. The lowest BCUT2D eigenvalue weighted by Gasteiger charge is -2.45. The Labute approximate surface area is 192 Å². The molecule has 1 fully saturated rings. The zero-order chi connectivity index (χ0) is 22.5. The van der Waals surface area contributed by atoms with Crippen molar-refractivity contribution in [3.63, 3.8) is 0 Å². The fraction of sp³-hybridized carbons (Fsp3) is 0.333. The molecule has 162 valence electrons. The number of halogens is 2. The van der Waals surface area contributed by atoms with E-state index in [4.69, 9.17) is 23.2 Å². The molecule has 3 amide bonds. The van der Waals surface area contributed by atoms with Crippen LogP contribution in [0.5, 0.6) is 0 Å². The number of fused-ring (bicyclic) bond motifs is 1. The molecule has 7 heteroatoms. The summed E-state index contributed by atoms with van der Waals surface area (Å²) in [6.45, 7) is 6.75. The van der Waals surface area contributed by atoms with Crippen LogP contribution in [-0.4, -0.2) is 29.4 Å². The largest absolute Gasteiger partial charge is 0.369 e. The van der Waals surface area contributed by atoms with Gasteiger partial charge in [-0.2, -0.15) is 0 Å². The molecule has 2 aliphatic rings. The number of carbonyl (C=O) groups is 2. The van der Waals surface area contributed by atoms with Crippen molar-refractivity contribution in [1.29, 1.82) is 0 Å². The minimum Gasteiger partial charge on any atom is -0.369 e. The second kappa shape index (κ2) is 7.88. The molecule has 2 aromatic rings. The monoisotopic (exact) mass is 457 g/mol. The second-order valence-corrected chi connectivity index (χ2v) is 9.69. The molecular weight excluding hydrogens is 433 g/mol. The van der Waals surface area contributed by atoms with Gasteiger partial charge in [-0.25, -0.2) is 4.79 Å². The topological polar surface area (TPSA) is 52.7 Å². The second-order valence-electron chi connectivity index (χ2n) is 8.88. The van der Waals surface area contributed by atoms with E-state index in [2.05, 4.69) is 38.0 Å². The van der Waals surface area contributed by atoms with E-state index in [1.807, 2.05) is 18.2 Å². The fourth-order valence-electron chi connectivity index (χ4n) is 4.38. The summed E-state index contributed by atoms with van der Waals surface area (Å²) in [5.41, 5.74) is 3.94. The number of nitrogens with zero attached hydrogens (tertiary/aromatic N) is 2. The summed E-state index contributed by atoms with van der Waals surface area (Å²) in [4.78, 5) is 28.8. The van der Waals surface area contributed by atoms with Gasteiger partial charge in [0.1, 0.15) is 5.70 Å². The van der Waals surface area contributed by atoms with Crippen LogP contribution in [0.15, 0.2) is 42.1 Å². The molecule has 1 atom stereocenters. The van der Waals surface area contributed by atoms with E-state index >= 15 is 0 Å². The zero-order valence-electron chi connectivity index (χ0n) is 18.0. The molecule has 0 aliphatic carbocycles. The van der Waals surface area contributed by atoms with E-state index in [-0.39, 0.29) is 17.8 Å². The average Bonchev–Trinajstić information content (AvgIpc) is 2.96. The molecule has 0 aromatic heterocycles. The summed E-state index contributed by atoms with van der Waals surface area (Å²) in [7, 11) is 2.08. The summed E-state index contributed by atoms with van der Waals surface area (Å²) in [5.74, 6) is -0.0498. The van der Waals surface area contributed by atoms with Crippen molar-refractivity contribution in [2.24, 2.45) is 0 Å². The fourth-order valence-corrected chi connectivity index (χ4v) is 4.79. The lowest BCUT2D eigenvalue weighted by molar-refractivity contribution is -0.123. The van der Waals surface area contributed by atoms with Gasteiger partial charge in [-0.3, -0.25) is 9.69 Å². The standard InChI is InChI=1S/C24H25Cl2N3O2/c1-14-12-24(2,3)28(4)21-11-19(26)16(9-17(14)21)10-20-22(30)29(23(31)27-20)13-15-7-5-6-8-18(15)25/h5-11,14H,12-13H2,1-4H3,(H,27,31)/b20-10+. The molecule has 1 unspecified atom stereocenters. The highest BCUT2D eigenvalue weighted by atomic mass is 35.5. The molecule has 4 rings (SSSR count). The highest BCUT2D eigenvalue weighted by Gasteiger charge is 2.36. The molecule has 0 radical (unpaired) electrons. The van der Waals surface area contributed by atoms with Gasteiger partial charge in [0.2, 0.25) is 0 Å². The quantitative estimate of drug-likeness (QED) is 0.467. The molecule has 2 heterocycles. The van der Waals surface area contributed by atoms with Crippen molar-refractivity contribution < 1.29 is 9.59 Å². The molecule has 5 nitrogen and oxygen atoms in total. The molecule has 31 heavy (non-hydrogen) atoms. The van der Waals surface area contributed by atoms with Crippen molar-refractivity contribution in [3.8, 4) is 0 Å². The zero-order valence-corrected chi connectivity index (χ0v) is 19.5. The Kier molecular flexibility index (Phi) is 5.52. The Morgan fingerprint density at radius 1 is 1.16 bits per heavy atom. The van der Waals surface area contributed by atoms with Gasteiger partial charge in [-0.1, -0.05) is 48.3 Å². The average molecular weight is 458 g/mol. The number of hydrogen-bond donors (Lipinski definition) is 1. The maximum atomic E-state index is 12.9. The number of amides is 3. The number of anilines is 1. The van der Waals surface area contributed by atoms with Crippen molar-refractivity contribution in [3.05, 3.63) is 68.8 Å². The molecule has 0 spiro atoms. The lowest BCUT2D eigenvalue weighted by atomic mass is 9.80. The Morgan fingerprint density at radius 3 is 2.58 bits per heavy atom. The molecular formula is C24H25Cl2N3O2. The van der Waals surface area contributed by atoms with Crippen LogP contribution in [0.2, 0.25) is 10.0 Å². The highest BCUT2D eigenvalue weighted by molar-refractivity contribution is 6.33. The third-order valence-electron chi connectivity index (χ3n) is 6.30. The minimum absolute atomic E-state index is 0.0321. The van der Waals surface area contributed by atoms with Gasteiger partial charge in [0.15, 0.2) is 0 Å². The third-order valence-corrected chi connectivity index (χ3v) is 7.00. The highest BCUT2D eigenvalue weighted by Crippen LogP contribution is 2.44. The van der Waals surface area contributed by atoms with Gasteiger partial charge in [0.05, 0.1) is 6.54 Å². The first-order valence-corrected chi connectivity index (χ1v) is 11.0.